The van der Waals surface area contributed by atoms with Gasteiger partial charge in [-0.2, -0.15) is 0 Å². The molecule has 0 aliphatic heterocycles. The summed E-state index contributed by atoms with van der Waals surface area (Å²) in [5, 5.41) is 19.3. The molecule has 1 aromatic carbocycles. The molecule has 164 valence electrons. The number of carbonyl (C=O) groups is 2. The van der Waals surface area contributed by atoms with Crippen molar-refractivity contribution < 1.29 is 24.5 Å². The van der Waals surface area contributed by atoms with Crippen molar-refractivity contribution in [2.75, 3.05) is 0 Å². The maximum Gasteiger partial charge on any atom is 0.309 e. The van der Waals surface area contributed by atoms with E-state index in [-0.39, 0.29) is 0 Å². The number of hydrogen-bond acceptors (Lipinski definition) is 4. The van der Waals surface area contributed by atoms with Gasteiger partial charge in [0.2, 0.25) is 0 Å². The van der Waals surface area contributed by atoms with Crippen LogP contribution in [-0.2, 0) is 27.2 Å². The van der Waals surface area contributed by atoms with E-state index in [0.717, 1.165) is 63.4 Å². The summed E-state index contributed by atoms with van der Waals surface area (Å²) >= 11 is 0. The minimum atomic E-state index is -0.737. The summed E-state index contributed by atoms with van der Waals surface area (Å²) in [6, 6.07) is 5.84. The first-order chi connectivity index (χ1) is 13.6. The second kappa shape index (κ2) is 11.8. The Hall–Kier alpha value is -2.04. The lowest BCUT2D eigenvalue weighted by Crippen LogP contribution is -2.23. The fourth-order valence-corrected chi connectivity index (χ4v) is 3.41. The van der Waals surface area contributed by atoms with Gasteiger partial charge in [0, 0.05) is 0 Å². The number of carboxylic acids is 1. The highest BCUT2D eigenvalue weighted by molar-refractivity contribution is 5.73. The standard InChI is InChI=1S/C24H38O5/c1-23(2,22(27)28)15-9-6-5-7-12-20-17-19(13-14-21(20)26)11-8-10-16-24(3,4)29-18-25/h13-14,17-18,26H,5-12,15-16H2,1-4H3,(H,27,28). The summed E-state index contributed by atoms with van der Waals surface area (Å²) < 4.78 is 5.08. The van der Waals surface area contributed by atoms with Crippen molar-refractivity contribution in [3.8, 4) is 5.75 Å². The molecule has 29 heavy (non-hydrogen) atoms. The van der Waals surface area contributed by atoms with E-state index < -0.39 is 17.0 Å². The molecule has 1 rings (SSSR count). The van der Waals surface area contributed by atoms with Gasteiger partial charge in [0.25, 0.3) is 6.47 Å². The molecule has 0 heterocycles. The summed E-state index contributed by atoms with van der Waals surface area (Å²) in [5.41, 5.74) is 1.14. The minimum Gasteiger partial charge on any atom is -0.508 e. The predicted octanol–water partition coefficient (Wildman–Crippen LogP) is 5.66. The van der Waals surface area contributed by atoms with Gasteiger partial charge in [0.1, 0.15) is 11.4 Å². The molecule has 0 saturated carbocycles. The Morgan fingerprint density at radius 2 is 1.59 bits per heavy atom. The van der Waals surface area contributed by atoms with Crippen molar-refractivity contribution in [1.29, 1.82) is 0 Å². The van der Waals surface area contributed by atoms with Crippen LogP contribution < -0.4 is 0 Å². The third kappa shape index (κ3) is 9.82. The van der Waals surface area contributed by atoms with Crippen LogP contribution in [0.15, 0.2) is 18.2 Å². The molecule has 0 amide bonds. The number of ether oxygens (including phenoxy) is 1. The summed E-state index contributed by atoms with van der Waals surface area (Å²) in [5.74, 6) is -0.389. The number of rotatable bonds is 15. The average molecular weight is 407 g/mol. The third-order valence-corrected chi connectivity index (χ3v) is 5.58. The Morgan fingerprint density at radius 1 is 0.966 bits per heavy atom. The van der Waals surface area contributed by atoms with Crippen LogP contribution in [0.25, 0.3) is 0 Å². The first kappa shape index (κ1) is 25.0. The predicted molar refractivity (Wildman–Crippen MR) is 115 cm³/mol. The summed E-state index contributed by atoms with van der Waals surface area (Å²) in [4.78, 5) is 21.6. The van der Waals surface area contributed by atoms with Crippen LogP contribution in [-0.4, -0.2) is 28.3 Å². The van der Waals surface area contributed by atoms with Gasteiger partial charge in [-0.25, -0.2) is 0 Å². The van der Waals surface area contributed by atoms with Crippen molar-refractivity contribution in [2.24, 2.45) is 5.41 Å². The fourth-order valence-electron chi connectivity index (χ4n) is 3.41. The van der Waals surface area contributed by atoms with Gasteiger partial charge in [0.15, 0.2) is 0 Å². The Kier molecular flexibility index (Phi) is 10.2. The summed E-state index contributed by atoms with van der Waals surface area (Å²) in [6.45, 7) is 7.90. The lowest BCUT2D eigenvalue weighted by molar-refractivity contribution is -0.147. The molecule has 0 aliphatic carbocycles. The third-order valence-electron chi connectivity index (χ3n) is 5.58. The van der Waals surface area contributed by atoms with Gasteiger partial charge < -0.3 is 14.9 Å². The van der Waals surface area contributed by atoms with Crippen LogP contribution >= 0.6 is 0 Å². The first-order valence-electron chi connectivity index (χ1n) is 10.7. The highest BCUT2D eigenvalue weighted by atomic mass is 16.5. The van der Waals surface area contributed by atoms with Crippen LogP contribution in [0.1, 0.15) is 90.2 Å². The molecule has 5 nitrogen and oxygen atoms in total. The molecular weight excluding hydrogens is 368 g/mol. The molecule has 0 unspecified atom stereocenters. The zero-order chi connectivity index (χ0) is 21.9. The number of aromatic hydroxyl groups is 1. The second-order valence-electron chi connectivity index (χ2n) is 9.25. The molecule has 0 spiro atoms. The Bertz CT molecular complexity index is 649. The maximum absolute atomic E-state index is 11.1. The fraction of sp³-hybridized carbons (Fsp3) is 0.667. The van der Waals surface area contributed by atoms with E-state index in [0.29, 0.717) is 18.6 Å². The van der Waals surface area contributed by atoms with Crippen LogP contribution in [0.5, 0.6) is 5.75 Å². The molecule has 0 atom stereocenters. The van der Waals surface area contributed by atoms with Crippen molar-refractivity contribution >= 4 is 12.4 Å². The number of aryl methyl sites for hydroxylation is 2. The summed E-state index contributed by atoms with van der Waals surface area (Å²) in [6.07, 6.45) is 9.22. The van der Waals surface area contributed by atoms with Gasteiger partial charge in [-0.05, 0) is 89.8 Å². The number of unbranched alkanes of at least 4 members (excludes halogenated alkanes) is 4. The van der Waals surface area contributed by atoms with Crippen molar-refractivity contribution in [3.05, 3.63) is 29.3 Å². The Labute approximate surface area is 175 Å². The molecule has 0 radical (unpaired) electrons. The molecule has 0 fully saturated rings. The van der Waals surface area contributed by atoms with Gasteiger partial charge in [0.05, 0.1) is 5.41 Å². The van der Waals surface area contributed by atoms with Crippen LogP contribution in [0.2, 0.25) is 0 Å². The van der Waals surface area contributed by atoms with Gasteiger partial charge in [-0.15, -0.1) is 0 Å². The molecule has 2 N–H and O–H groups in total. The Morgan fingerprint density at radius 3 is 2.24 bits per heavy atom. The SMILES string of the molecule is CC(C)(CCCCc1ccc(O)c(CCCCCCC(C)(C)C(=O)O)c1)OC=O. The number of hydrogen-bond donors (Lipinski definition) is 2. The van der Waals surface area contributed by atoms with E-state index in [1.54, 1.807) is 19.9 Å². The lowest BCUT2D eigenvalue weighted by Gasteiger charge is -2.22. The normalized spacial score (nSPS) is 12.0. The molecule has 5 heteroatoms. The van der Waals surface area contributed by atoms with E-state index in [2.05, 4.69) is 6.07 Å². The van der Waals surface area contributed by atoms with E-state index in [1.165, 1.54) is 5.56 Å². The van der Waals surface area contributed by atoms with Gasteiger partial charge in [-0.1, -0.05) is 31.4 Å². The number of carboxylic acid groups (broad SMARTS) is 1. The monoisotopic (exact) mass is 406 g/mol. The van der Waals surface area contributed by atoms with Gasteiger partial charge >= 0.3 is 5.97 Å². The van der Waals surface area contributed by atoms with E-state index in [1.807, 2.05) is 19.9 Å². The van der Waals surface area contributed by atoms with E-state index >= 15 is 0 Å². The van der Waals surface area contributed by atoms with Crippen LogP contribution in [0.3, 0.4) is 0 Å². The zero-order valence-electron chi connectivity index (χ0n) is 18.5. The molecule has 1 aromatic rings. The number of phenols is 1. The maximum atomic E-state index is 11.1. The molecule has 0 saturated heterocycles. The number of benzene rings is 1. The Balaban J connectivity index is 2.35. The van der Waals surface area contributed by atoms with Crippen LogP contribution in [0, 0.1) is 5.41 Å². The molecule has 0 aromatic heterocycles. The van der Waals surface area contributed by atoms with Gasteiger partial charge in [-0.3, -0.25) is 9.59 Å². The van der Waals surface area contributed by atoms with Crippen molar-refractivity contribution in [2.45, 2.75) is 97.5 Å². The number of carbonyl (C=O) groups excluding carboxylic acids is 1. The average Bonchev–Trinajstić information content (AvgIpc) is 2.63. The van der Waals surface area contributed by atoms with Crippen molar-refractivity contribution in [3.63, 3.8) is 0 Å². The lowest BCUT2D eigenvalue weighted by atomic mass is 9.87. The second-order valence-corrected chi connectivity index (χ2v) is 9.25. The molecular formula is C24H38O5. The minimum absolute atomic E-state index is 0.348. The number of aliphatic carboxylic acids is 1. The van der Waals surface area contributed by atoms with E-state index in [9.17, 15) is 14.7 Å². The smallest absolute Gasteiger partial charge is 0.309 e. The summed E-state index contributed by atoms with van der Waals surface area (Å²) in [7, 11) is 0. The highest BCUT2D eigenvalue weighted by Gasteiger charge is 2.25. The molecule has 0 aliphatic rings. The largest absolute Gasteiger partial charge is 0.508 e. The zero-order valence-corrected chi connectivity index (χ0v) is 18.5. The van der Waals surface area contributed by atoms with E-state index in [4.69, 9.17) is 9.84 Å². The highest BCUT2D eigenvalue weighted by Crippen LogP contribution is 2.26. The first-order valence-corrected chi connectivity index (χ1v) is 10.7. The molecule has 0 bridgehead atoms. The van der Waals surface area contributed by atoms with Crippen molar-refractivity contribution in [1.82, 2.24) is 0 Å². The topological polar surface area (TPSA) is 83.8 Å². The quantitative estimate of drug-likeness (QED) is 0.290. The number of phenolic OH excluding ortho intramolecular Hbond substituents is 1. The van der Waals surface area contributed by atoms with Crippen LogP contribution in [0.4, 0.5) is 0 Å².